The van der Waals surface area contributed by atoms with Crippen LogP contribution in [-0.2, 0) is 59.9 Å². The molecule has 0 spiro atoms. The highest BCUT2D eigenvalue weighted by Crippen LogP contribution is 2.53. The van der Waals surface area contributed by atoms with Gasteiger partial charge in [-0.05, 0) is 135 Å². The van der Waals surface area contributed by atoms with Gasteiger partial charge >= 0.3 is 5.97 Å². The van der Waals surface area contributed by atoms with Gasteiger partial charge in [-0.15, -0.1) is 5.06 Å². The second kappa shape index (κ2) is 21.6. The lowest BCUT2D eigenvalue weighted by Crippen LogP contribution is -2.31. The molecule has 7 rings (SSSR count). The number of benzene rings is 4. The Bertz CT molecular complexity index is 3190. The fraction of sp³-hybridized carbons (Fsp3) is 0.407. The third-order valence-corrected chi connectivity index (χ3v) is 15.7. The molecule has 2 amide bonds. The van der Waals surface area contributed by atoms with Gasteiger partial charge in [-0.2, -0.15) is 26.9 Å². The van der Waals surface area contributed by atoms with E-state index in [1.807, 2.05) is 63.4 Å². The molecule has 16 nitrogen and oxygen atoms in total. The second-order valence-electron chi connectivity index (χ2n) is 19.5. The Morgan fingerprint density at radius 2 is 1.42 bits per heavy atom. The highest BCUT2D eigenvalue weighted by Gasteiger charge is 2.46. The molecule has 0 radical (unpaired) electrons. The van der Waals surface area contributed by atoms with Crippen molar-refractivity contribution in [2.45, 2.75) is 119 Å². The predicted octanol–water partition coefficient (Wildman–Crippen LogP) is 9.29. The zero-order valence-electron chi connectivity index (χ0n) is 42.0. The SMILES string of the molecule is C=C(CCCC[N+]1=C(/C=C/C=C/C=C2\N(C)c3ccc4c(C)cc(S(=O)(=O)O)cc4c3C2(C)CCCCCC(=O)ON2C(=O)CCC2=O)C(C)(C)c2c1ccc1c(C)cc(S(=O)(=O)O)cc21)ONCCOC. The number of anilines is 1. The molecule has 4 aromatic rings. The lowest BCUT2D eigenvalue weighted by molar-refractivity contribution is -0.438. The summed E-state index contributed by atoms with van der Waals surface area (Å²) in [6.07, 6.45) is 14.6. The Morgan fingerprint density at radius 3 is 2.04 bits per heavy atom. The maximum Gasteiger partial charge on any atom is 0.333 e. The molecule has 1 fully saturated rings. The van der Waals surface area contributed by atoms with E-state index in [2.05, 4.69) is 54.4 Å². The van der Waals surface area contributed by atoms with Crippen LogP contribution in [0, 0.1) is 13.8 Å². The van der Waals surface area contributed by atoms with Crippen molar-refractivity contribution in [3.8, 4) is 0 Å². The second-order valence-corrected chi connectivity index (χ2v) is 22.3. The topological polar surface area (TPSA) is 209 Å². The van der Waals surface area contributed by atoms with Crippen LogP contribution in [0.4, 0.5) is 11.4 Å². The van der Waals surface area contributed by atoms with Gasteiger partial charge in [-0.3, -0.25) is 18.7 Å². The number of nitrogens with one attached hydrogen (secondary N) is 1. The highest BCUT2D eigenvalue weighted by molar-refractivity contribution is 7.86. The summed E-state index contributed by atoms with van der Waals surface area (Å²) < 4.78 is 77.7. The molecule has 0 saturated carbocycles. The first-order chi connectivity index (χ1) is 34.0. The van der Waals surface area contributed by atoms with Crippen molar-refractivity contribution in [2.24, 2.45) is 0 Å². The summed E-state index contributed by atoms with van der Waals surface area (Å²) in [6.45, 7) is 15.7. The van der Waals surface area contributed by atoms with Gasteiger partial charge in [0.2, 0.25) is 5.69 Å². The lowest BCUT2D eigenvalue weighted by Gasteiger charge is -2.29. The number of hydroxylamine groups is 3. The minimum absolute atomic E-state index is 0.0125. The zero-order chi connectivity index (χ0) is 52.3. The standard InChI is InChI=1S/C54H64N4O12S2/c1-35-31-38(71(62,63)64)33-42-40(35)22-24-45-51(42)53(4,5)46(57(45)29-16-14-17-37(3)69-55-28-30-68-8)18-11-9-12-19-47-54(6,27-15-10-13-20-50(61)70-58-48(59)25-26-49(58)60)52-43-34-39(72(65,66)67)32-36(2)41(43)21-23-44(52)56(47)7/h9,11-12,18-19,21-24,31-34,55H,3,10,13-17,20,25-30H2,1-2,4-8H3,(H-,62,63,64,65,66,67)/p+1. The number of allylic oxidation sites excluding steroid dienone is 7. The number of ether oxygens (including phenoxy) is 1. The first-order valence-electron chi connectivity index (χ1n) is 24.2. The summed E-state index contributed by atoms with van der Waals surface area (Å²) in [6, 6.07) is 14.1. The monoisotopic (exact) mass is 1030 g/mol. The highest BCUT2D eigenvalue weighted by atomic mass is 32.2. The number of carbonyl (C=O) groups excluding carboxylic acids is 3. The first-order valence-corrected chi connectivity index (χ1v) is 27.0. The van der Waals surface area contributed by atoms with Crippen molar-refractivity contribution in [1.82, 2.24) is 10.5 Å². The number of likely N-dealkylation sites (N-methyl/N-ethyl adjacent to an activating group) is 1. The van der Waals surface area contributed by atoms with Gasteiger partial charge in [0.05, 0.1) is 28.4 Å². The van der Waals surface area contributed by atoms with E-state index in [0.29, 0.717) is 73.6 Å². The van der Waals surface area contributed by atoms with Crippen molar-refractivity contribution in [1.29, 1.82) is 0 Å². The van der Waals surface area contributed by atoms with E-state index in [9.17, 15) is 40.3 Å². The predicted molar refractivity (Wildman–Crippen MR) is 276 cm³/mol. The van der Waals surface area contributed by atoms with Crippen LogP contribution in [0.3, 0.4) is 0 Å². The Hall–Kier alpha value is -6.02. The van der Waals surface area contributed by atoms with Gasteiger partial charge in [-0.25, -0.2) is 4.79 Å². The number of nitrogens with zero attached hydrogens (tertiary/aromatic N) is 3. The van der Waals surface area contributed by atoms with E-state index in [0.717, 1.165) is 68.5 Å². The van der Waals surface area contributed by atoms with E-state index < -0.39 is 48.8 Å². The summed E-state index contributed by atoms with van der Waals surface area (Å²) >= 11 is 0. The third-order valence-electron chi connectivity index (χ3n) is 14.1. The summed E-state index contributed by atoms with van der Waals surface area (Å²) in [5.74, 6) is -1.11. The number of rotatable bonds is 22. The van der Waals surface area contributed by atoms with E-state index >= 15 is 0 Å². The minimum Gasteiger partial charge on any atom is -0.414 e. The zero-order valence-corrected chi connectivity index (χ0v) is 43.7. The largest absolute Gasteiger partial charge is 0.414 e. The summed E-state index contributed by atoms with van der Waals surface area (Å²) in [5.41, 5.74) is 8.61. The van der Waals surface area contributed by atoms with Gasteiger partial charge in [0.15, 0.2) is 5.71 Å². The van der Waals surface area contributed by atoms with Crippen LogP contribution in [0.2, 0.25) is 0 Å². The van der Waals surface area contributed by atoms with E-state index in [-0.39, 0.29) is 29.1 Å². The van der Waals surface area contributed by atoms with Crippen molar-refractivity contribution in [2.75, 3.05) is 38.8 Å². The Morgan fingerprint density at radius 1 is 0.806 bits per heavy atom. The molecule has 3 N–H and O–H groups in total. The first kappa shape index (κ1) is 53.8. The number of aryl methyl sites for hydroxylation is 2. The average Bonchev–Trinajstić information content (AvgIpc) is 3.83. The van der Waals surface area contributed by atoms with E-state index in [1.54, 1.807) is 13.2 Å². The maximum absolute atomic E-state index is 12.6. The minimum atomic E-state index is -4.53. The fourth-order valence-electron chi connectivity index (χ4n) is 10.5. The van der Waals surface area contributed by atoms with Crippen LogP contribution in [0.15, 0.2) is 107 Å². The van der Waals surface area contributed by atoms with Crippen LogP contribution in [0.1, 0.15) is 107 Å². The Labute approximate surface area is 422 Å². The molecule has 1 unspecified atom stereocenters. The molecule has 0 aromatic heterocycles. The molecular weight excluding hydrogens is 961 g/mol. The molecule has 3 aliphatic heterocycles. The molecule has 0 bridgehead atoms. The Kier molecular flexibility index (Phi) is 16.1. The summed E-state index contributed by atoms with van der Waals surface area (Å²) in [7, 11) is -5.43. The number of amides is 2. The van der Waals surface area contributed by atoms with E-state index in [1.165, 1.54) is 18.2 Å². The van der Waals surface area contributed by atoms with Crippen molar-refractivity contribution in [3.63, 3.8) is 0 Å². The smallest absolute Gasteiger partial charge is 0.333 e. The maximum atomic E-state index is 12.6. The summed E-state index contributed by atoms with van der Waals surface area (Å²) in [4.78, 5) is 49.0. The van der Waals surface area contributed by atoms with Gasteiger partial charge in [0, 0.05) is 80.8 Å². The molecule has 1 atom stereocenters. The number of unbranched alkanes of at least 4 members (excludes halogenated alkanes) is 3. The molecule has 72 heavy (non-hydrogen) atoms. The van der Waals surface area contributed by atoms with E-state index in [4.69, 9.17) is 14.4 Å². The van der Waals surface area contributed by atoms with Crippen molar-refractivity contribution >= 4 is 76.7 Å². The molecule has 1 saturated heterocycles. The van der Waals surface area contributed by atoms with Crippen molar-refractivity contribution in [3.05, 3.63) is 119 Å². The normalized spacial score (nSPS) is 18.5. The fourth-order valence-corrected chi connectivity index (χ4v) is 11.7. The van der Waals surface area contributed by atoms with Crippen molar-refractivity contribution < 1.29 is 59.3 Å². The van der Waals surface area contributed by atoms with Gasteiger partial charge in [0.1, 0.15) is 12.3 Å². The number of methoxy groups -OCH3 is 1. The van der Waals surface area contributed by atoms with Crippen LogP contribution >= 0.6 is 0 Å². The average molecular weight is 1030 g/mol. The number of hydrogen-bond donors (Lipinski definition) is 3. The third kappa shape index (κ3) is 11.1. The van der Waals surface area contributed by atoms with Crippen LogP contribution in [0.25, 0.3) is 21.5 Å². The summed E-state index contributed by atoms with van der Waals surface area (Å²) in [5, 5.41) is 3.73. The molecular formula is C54H65N4O12S2+. The molecule has 384 valence electrons. The molecule has 3 heterocycles. The number of carbonyl (C=O) groups is 3. The van der Waals surface area contributed by atoms with Gasteiger partial charge < -0.3 is 19.3 Å². The molecule has 0 aliphatic carbocycles. The lowest BCUT2D eigenvalue weighted by atomic mass is 9.75. The van der Waals surface area contributed by atoms with Crippen LogP contribution in [0.5, 0.6) is 0 Å². The number of imide groups is 1. The number of hydrogen-bond acceptors (Lipinski definition) is 12. The molecule has 3 aliphatic rings. The van der Waals surface area contributed by atoms with Gasteiger partial charge in [0.25, 0.3) is 32.1 Å². The quantitative estimate of drug-likeness (QED) is 0.0128. The molecule has 4 aromatic carbocycles. The van der Waals surface area contributed by atoms with Crippen LogP contribution < -0.4 is 10.4 Å². The van der Waals surface area contributed by atoms with Gasteiger partial charge in [-0.1, -0.05) is 43.7 Å². The molecule has 18 heteroatoms. The Balaban J connectivity index is 1.20. The number of fused-ring (bicyclic) bond motifs is 6. The van der Waals surface area contributed by atoms with Crippen LogP contribution in [-0.4, -0.2) is 92.9 Å².